The fourth-order valence-corrected chi connectivity index (χ4v) is 2.94. The van der Waals surface area contributed by atoms with Crippen molar-refractivity contribution in [1.29, 1.82) is 0 Å². The van der Waals surface area contributed by atoms with Gasteiger partial charge in [0.25, 0.3) is 0 Å². The van der Waals surface area contributed by atoms with Gasteiger partial charge in [-0.05, 0) is 31.7 Å². The van der Waals surface area contributed by atoms with E-state index in [4.69, 9.17) is 15.2 Å². The molecule has 1 aliphatic heterocycles. The molecule has 0 radical (unpaired) electrons. The molecule has 2 N–H and O–H groups in total. The Hall–Kier alpha value is -1.30. The molecule has 2 rings (SSSR count). The van der Waals surface area contributed by atoms with Gasteiger partial charge in [0.15, 0.2) is 0 Å². The quantitative estimate of drug-likeness (QED) is 0.886. The summed E-state index contributed by atoms with van der Waals surface area (Å²) in [6, 6.07) is 4.28. The summed E-state index contributed by atoms with van der Waals surface area (Å²) in [5.74, 6) is 1.78. The topological polar surface area (TPSA) is 51.0 Å². The lowest BCUT2D eigenvalue weighted by atomic mass is 10.0. The van der Waals surface area contributed by atoms with Gasteiger partial charge in [0, 0.05) is 38.3 Å². The molecule has 0 amide bonds. The van der Waals surface area contributed by atoms with Gasteiger partial charge < -0.3 is 20.1 Å². The highest BCUT2D eigenvalue weighted by atomic mass is 16.5. The van der Waals surface area contributed by atoms with Crippen molar-refractivity contribution in [1.82, 2.24) is 9.80 Å². The number of benzene rings is 1. The monoisotopic (exact) mass is 293 g/mol. The van der Waals surface area contributed by atoms with Crippen molar-refractivity contribution in [3.63, 3.8) is 0 Å². The number of piperazine rings is 1. The summed E-state index contributed by atoms with van der Waals surface area (Å²) in [5, 5.41) is 0. The molecule has 0 spiro atoms. The van der Waals surface area contributed by atoms with Crippen LogP contribution in [0.2, 0.25) is 0 Å². The Balaban J connectivity index is 2.32. The van der Waals surface area contributed by atoms with Crippen molar-refractivity contribution in [3.05, 3.63) is 23.3 Å². The summed E-state index contributed by atoms with van der Waals surface area (Å²) in [6.45, 7) is 6.80. The third-order valence-corrected chi connectivity index (χ3v) is 4.31. The highest BCUT2D eigenvalue weighted by Gasteiger charge is 2.26. The Labute approximate surface area is 127 Å². The molecule has 0 aliphatic carbocycles. The first-order valence-electron chi connectivity index (χ1n) is 7.45. The van der Waals surface area contributed by atoms with Gasteiger partial charge in [0.05, 0.1) is 20.3 Å². The number of likely N-dealkylation sites (N-methyl/N-ethyl adjacent to an activating group) is 1. The summed E-state index contributed by atoms with van der Waals surface area (Å²) < 4.78 is 11.0. The van der Waals surface area contributed by atoms with Crippen LogP contribution >= 0.6 is 0 Å². The highest BCUT2D eigenvalue weighted by Crippen LogP contribution is 2.35. The minimum atomic E-state index is 0.170. The van der Waals surface area contributed by atoms with Crippen LogP contribution in [0.4, 0.5) is 0 Å². The number of methoxy groups -OCH3 is 2. The van der Waals surface area contributed by atoms with Crippen LogP contribution in [0.5, 0.6) is 11.5 Å². The van der Waals surface area contributed by atoms with E-state index in [1.807, 2.05) is 13.0 Å². The van der Waals surface area contributed by atoms with Crippen molar-refractivity contribution in [3.8, 4) is 11.5 Å². The molecule has 1 unspecified atom stereocenters. The minimum absolute atomic E-state index is 0.170. The standard InChI is InChI=1S/C16H27N3O2/c1-12-9-16(21-4)13(10-15(12)20-3)14(11-17)19-7-5-18(2)6-8-19/h9-10,14H,5-8,11,17H2,1-4H3. The highest BCUT2D eigenvalue weighted by molar-refractivity contribution is 5.47. The summed E-state index contributed by atoms with van der Waals surface area (Å²) in [7, 11) is 5.57. The van der Waals surface area contributed by atoms with Crippen LogP contribution < -0.4 is 15.2 Å². The first-order valence-corrected chi connectivity index (χ1v) is 7.45. The van der Waals surface area contributed by atoms with E-state index >= 15 is 0 Å². The summed E-state index contributed by atoms with van der Waals surface area (Å²) in [4.78, 5) is 4.78. The maximum absolute atomic E-state index is 6.07. The maximum Gasteiger partial charge on any atom is 0.124 e. The van der Waals surface area contributed by atoms with Gasteiger partial charge in [-0.2, -0.15) is 0 Å². The smallest absolute Gasteiger partial charge is 0.124 e. The zero-order chi connectivity index (χ0) is 15.4. The van der Waals surface area contributed by atoms with Crippen molar-refractivity contribution >= 4 is 0 Å². The van der Waals surface area contributed by atoms with Crippen LogP contribution in [-0.4, -0.2) is 63.8 Å². The molecule has 1 atom stereocenters. The van der Waals surface area contributed by atoms with Gasteiger partial charge in [0.2, 0.25) is 0 Å². The van der Waals surface area contributed by atoms with Gasteiger partial charge in [-0.25, -0.2) is 0 Å². The Morgan fingerprint density at radius 2 is 1.71 bits per heavy atom. The van der Waals surface area contributed by atoms with Gasteiger partial charge in [-0.3, -0.25) is 4.90 Å². The molecule has 1 aliphatic rings. The molecular formula is C16H27N3O2. The molecule has 0 bridgehead atoms. The fourth-order valence-electron chi connectivity index (χ4n) is 2.94. The van der Waals surface area contributed by atoms with E-state index in [1.165, 1.54) is 0 Å². The van der Waals surface area contributed by atoms with Crippen molar-refractivity contribution in [2.24, 2.45) is 5.73 Å². The van der Waals surface area contributed by atoms with Crippen LogP contribution in [0.3, 0.4) is 0 Å². The van der Waals surface area contributed by atoms with Crippen LogP contribution in [0.25, 0.3) is 0 Å². The van der Waals surface area contributed by atoms with Gasteiger partial charge in [0.1, 0.15) is 11.5 Å². The molecule has 0 aromatic heterocycles. The normalized spacial score (nSPS) is 18.5. The Bertz CT molecular complexity index is 471. The average Bonchev–Trinajstić information content (AvgIpc) is 2.50. The average molecular weight is 293 g/mol. The number of nitrogens with two attached hydrogens (primary N) is 1. The van der Waals surface area contributed by atoms with E-state index in [0.717, 1.165) is 48.8 Å². The summed E-state index contributed by atoms with van der Waals surface area (Å²) in [5.41, 5.74) is 8.27. The van der Waals surface area contributed by atoms with Crippen molar-refractivity contribution in [2.45, 2.75) is 13.0 Å². The second kappa shape index (κ2) is 7.11. The summed E-state index contributed by atoms with van der Waals surface area (Å²) >= 11 is 0. The van der Waals surface area contributed by atoms with E-state index in [2.05, 4.69) is 22.9 Å². The zero-order valence-corrected chi connectivity index (χ0v) is 13.6. The molecule has 21 heavy (non-hydrogen) atoms. The molecule has 1 heterocycles. The first kappa shape index (κ1) is 16.1. The van der Waals surface area contributed by atoms with Gasteiger partial charge >= 0.3 is 0 Å². The largest absolute Gasteiger partial charge is 0.496 e. The van der Waals surface area contributed by atoms with Crippen LogP contribution in [0.1, 0.15) is 17.2 Å². The molecule has 1 aromatic rings. The molecule has 0 saturated carbocycles. The van der Waals surface area contributed by atoms with E-state index in [1.54, 1.807) is 14.2 Å². The number of hydrogen-bond donors (Lipinski definition) is 1. The molecule has 1 aromatic carbocycles. The fraction of sp³-hybridized carbons (Fsp3) is 0.625. The molecular weight excluding hydrogens is 266 g/mol. The third-order valence-electron chi connectivity index (χ3n) is 4.31. The number of aryl methyl sites for hydroxylation is 1. The minimum Gasteiger partial charge on any atom is -0.496 e. The molecule has 1 fully saturated rings. The van der Waals surface area contributed by atoms with Crippen molar-refractivity contribution in [2.75, 3.05) is 54.0 Å². The van der Waals surface area contributed by atoms with E-state index in [0.29, 0.717) is 6.54 Å². The maximum atomic E-state index is 6.07. The lowest BCUT2D eigenvalue weighted by Crippen LogP contribution is -2.47. The lowest BCUT2D eigenvalue weighted by molar-refractivity contribution is 0.113. The second-order valence-corrected chi connectivity index (χ2v) is 5.65. The second-order valence-electron chi connectivity index (χ2n) is 5.65. The number of hydrogen-bond acceptors (Lipinski definition) is 5. The van der Waals surface area contributed by atoms with Crippen LogP contribution in [0, 0.1) is 6.92 Å². The zero-order valence-electron chi connectivity index (χ0n) is 13.6. The van der Waals surface area contributed by atoms with E-state index < -0.39 is 0 Å². The predicted octanol–water partition coefficient (Wildman–Crippen LogP) is 1.26. The number of nitrogens with zero attached hydrogens (tertiary/aromatic N) is 2. The third kappa shape index (κ3) is 3.48. The lowest BCUT2D eigenvalue weighted by Gasteiger charge is -2.38. The van der Waals surface area contributed by atoms with E-state index in [9.17, 15) is 0 Å². The Morgan fingerprint density at radius 3 is 2.24 bits per heavy atom. The van der Waals surface area contributed by atoms with Crippen LogP contribution in [-0.2, 0) is 0 Å². The van der Waals surface area contributed by atoms with Gasteiger partial charge in [-0.1, -0.05) is 0 Å². The van der Waals surface area contributed by atoms with Crippen LogP contribution in [0.15, 0.2) is 12.1 Å². The summed E-state index contributed by atoms with van der Waals surface area (Å²) in [6.07, 6.45) is 0. The molecule has 1 saturated heterocycles. The Kier molecular flexibility index (Phi) is 5.45. The Morgan fingerprint density at radius 1 is 1.10 bits per heavy atom. The SMILES string of the molecule is COc1cc(C(CN)N2CCN(C)CC2)c(OC)cc1C. The predicted molar refractivity (Wildman–Crippen MR) is 85.1 cm³/mol. The van der Waals surface area contributed by atoms with Gasteiger partial charge in [-0.15, -0.1) is 0 Å². The van der Waals surface area contributed by atoms with Crippen molar-refractivity contribution < 1.29 is 9.47 Å². The molecule has 5 heteroatoms. The first-order chi connectivity index (χ1) is 10.1. The molecule has 118 valence electrons. The number of rotatable bonds is 5. The number of ether oxygens (including phenoxy) is 2. The van der Waals surface area contributed by atoms with E-state index in [-0.39, 0.29) is 6.04 Å². The molecule has 5 nitrogen and oxygen atoms in total.